The standard InChI is InChI=1S/C14H15F6N3O2/c1-7-3-13(16,17)6-23(12(24)25)10(7)5-22-11-9(15)2-8(4-21-11)14(18,19)20/h2,4,7,10H,3,5-6H2,1H3,(H,21,22)(H,24,25)/t7-,10-/m1/s1. The molecule has 140 valence electrons. The van der Waals surface area contributed by atoms with Gasteiger partial charge < -0.3 is 10.4 Å². The number of hydrogen-bond acceptors (Lipinski definition) is 3. The lowest BCUT2D eigenvalue weighted by Gasteiger charge is -2.42. The molecular weight excluding hydrogens is 356 g/mol. The molecule has 2 rings (SSSR count). The summed E-state index contributed by atoms with van der Waals surface area (Å²) in [6.07, 6.45) is -6.43. The number of likely N-dealkylation sites (tertiary alicyclic amines) is 1. The van der Waals surface area contributed by atoms with Gasteiger partial charge in [0.05, 0.1) is 18.2 Å². The Kier molecular flexibility index (Phi) is 5.05. The third kappa shape index (κ3) is 4.45. The number of halogens is 6. The van der Waals surface area contributed by atoms with E-state index in [9.17, 15) is 31.1 Å². The highest BCUT2D eigenvalue weighted by atomic mass is 19.4. The molecule has 2 N–H and O–H groups in total. The van der Waals surface area contributed by atoms with Crippen LogP contribution in [0.5, 0.6) is 0 Å². The van der Waals surface area contributed by atoms with E-state index in [1.807, 2.05) is 0 Å². The normalized spacial score (nSPS) is 23.4. The highest BCUT2D eigenvalue weighted by molar-refractivity contribution is 5.66. The molecule has 25 heavy (non-hydrogen) atoms. The smallest absolute Gasteiger partial charge is 0.417 e. The van der Waals surface area contributed by atoms with Crippen molar-refractivity contribution in [1.82, 2.24) is 9.88 Å². The summed E-state index contributed by atoms with van der Waals surface area (Å²) in [5, 5.41) is 11.5. The number of pyridine rings is 1. The van der Waals surface area contributed by atoms with E-state index in [0.29, 0.717) is 11.1 Å². The highest BCUT2D eigenvalue weighted by Gasteiger charge is 2.46. The molecule has 0 unspecified atom stereocenters. The number of alkyl halides is 5. The molecule has 11 heteroatoms. The van der Waals surface area contributed by atoms with Crippen LogP contribution in [0.1, 0.15) is 18.9 Å². The third-order valence-electron chi connectivity index (χ3n) is 3.97. The Balaban J connectivity index is 2.13. The van der Waals surface area contributed by atoms with Gasteiger partial charge in [0.2, 0.25) is 0 Å². The molecule has 1 aliphatic rings. The zero-order valence-corrected chi connectivity index (χ0v) is 12.9. The Bertz CT molecular complexity index is 652. The van der Waals surface area contributed by atoms with Crippen LogP contribution in [-0.2, 0) is 6.18 Å². The summed E-state index contributed by atoms with van der Waals surface area (Å²) in [6, 6.07) is -0.649. The van der Waals surface area contributed by atoms with Crippen LogP contribution in [0, 0.1) is 11.7 Å². The van der Waals surface area contributed by atoms with Crippen LogP contribution in [-0.4, -0.2) is 46.1 Å². The molecule has 5 nitrogen and oxygen atoms in total. The third-order valence-corrected chi connectivity index (χ3v) is 3.97. The van der Waals surface area contributed by atoms with Crippen LogP contribution in [0.4, 0.5) is 37.0 Å². The van der Waals surface area contributed by atoms with E-state index in [-0.39, 0.29) is 12.6 Å². The largest absolute Gasteiger partial charge is 0.465 e. The number of carboxylic acid groups (broad SMARTS) is 1. The molecule has 0 aromatic carbocycles. The van der Waals surface area contributed by atoms with Gasteiger partial charge in [0, 0.05) is 19.2 Å². The Morgan fingerprint density at radius 1 is 1.48 bits per heavy atom. The second-order valence-electron chi connectivity index (χ2n) is 5.95. The van der Waals surface area contributed by atoms with Crippen molar-refractivity contribution < 1.29 is 36.2 Å². The molecule has 2 atom stereocenters. The van der Waals surface area contributed by atoms with Crippen molar-refractivity contribution in [3.63, 3.8) is 0 Å². The van der Waals surface area contributed by atoms with Crippen molar-refractivity contribution in [3.05, 3.63) is 23.6 Å². The maximum atomic E-state index is 13.7. The minimum Gasteiger partial charge on any atom is -0.465 e. The van der Waals surface area contributed by atoms with Crippen LogP contribution in [0.3, 0.4) is 0 Å². The number of aromatic nitrogens is 1. The molecule has 1 aliphatic heterocycles. The van der Waals surface area contributed by atoms with Crippen LogP contribution in [0.25, 0.3) is 0 Å². The predicted octanol–water partition coefficient (Wildman–Crippen LogP) is 3.68. The number of rotatable bonds is 3. The average Bonchev–Trinajstić information content (AvgIpc) is 2.44. The molecule has 0 radical (unpaired) electrons. The van der Waals surface area contributed by atoms with Gasteiger partial charge in [-0.25, -0.2) is 22.9 Å². The number of hydrogen-bond donors (Lipinski definition) is 2. The van der Waals surface area contributed by atoms with Gasteiger partial charge >= 0.3 is 12.3 Å². The molecule has 1 aromatic rings. The number of anilines is 1. The van der Waals surface area contributed by atoms with Crippen molar-refractivity contribution in [2.45, 2.75) is 31.5 Å². The Labute approximate surface area is 138 Å². The van der Waals surface area contributed by atoms with Crippen molar-refractivity contribution in [2.24, 2.45) is 5.92 Å². The van der Waals surface area contributed by atoms with E-state index in [0.717, 1.165) is 0 Å². The number of carbonyl (C=O) groups is 1. The van der Waals surface area contributed by atoms with E-state index in [1.54, 1.807) is 0 Å². The molecule has 0 bridgehead atoms. The van der Waals surface area contributed by atoms with Crippen LogP contribution >= 0.6 is 0 Å². The van der Waals surface area contributed by atoms with Crippen molar-refractivity contribution in [2.75, 3.05) is 18.4 Å². The fourth-order valence-electron chi connectivity index (χ4n) is 2.79. The van der Waals surface area contributed by atoms with Gasteiger partial charge in [0.15, 0.2) is 11.6 Å². The maximum Gasteiger partial charge on any atom is 0.417 e. The first-order chi connectivity index (χ1) is 11.4. The number of nitrogens with one attached hydrogen (secondary N) is 1. The minimum atomic E-state index is -4.75. The molecule has 1 saturated heterocycles. The molecule has 2 heterocycles. The van der Waals surface area contributed by atoms with Gasteiger partial charge in [-0.15, -0.1) is 0 Å². The van der Waals surface area contributed by atoms with Crippen LogP contribution < -0.4 is 5.32 Å². The summed E-state index contributed by atoms with van der Waals surface area (Å²) in [5.74, 6) is -5.70. The minimum absolute atomic E-state index is 0.253. The zero-order chi connectivity index (χ0) is 19.0. The van der Waals surface area contributed by atoms with E-state index in [1.165, 1.54) is 6.92 Å². The second kappa shape index (κ2) is 6.60. The quantitative estimate of drug-likeness (QED) is 0.796. The summed E-state index contributed by atoms with van der Waals surface area (Å²) in [5.41, 5.74) is -1.27. The summed E-state index contributed by atoms with van der Waals surface area (Å²) < 4.78 is 78.2. The fraction of sp³-hybridized carbons (Fsp3) is 0.571. The van der Waals surface area contributed by atoms with Gasteiger partial charge in [0.25, 0.3) is 5.92 Å². The monoisotopic (exact) mass is 371 g/mol. The van der Waals surface area contributed by atoms with Gasteiger partial charge in [-0.2, -0.15) is 13.2 Å². The van der Waals surface area contributed by atoms with Gasteiger partial charge in [-0.3, -0.25) is 4.90 Å². The average molecular weight is 371 g/mol. The van der Waals surface area contributed by atoms with E-state index in [4.69, 9.17) is 5.11 Å². The van der Waals surface area contributed by atoms with Gasteiger partial charge in [0.1, 0.15) is 0 Å². The lowest BCUT2D eigenvalue weighted by molar-refractivity contribution is -0.138. The first-order valence-corrected chi connectivity index (χ1v) is 7.25. The van der Waals surface area contributed by atoms with Gasteiger partial charge in [-0.1, -0.05) is 6.92 Å². The lowest BCUT2D eigenvalue weighted by Crippen LogP contribution is -2.57. The number of piperidine rings is 1. The molecule has 0 aliphatic carbocycles. The van der Waals surface area contributed by atoms with E-state index >= 15 is 0 Å². The van der Waals surface area contributed by atoms with Crippen molar-refractivity contribution in [1.29, 1.82) is 0 Å². The SMILES string of the molecule is C[C@@H]1CC(F)(F)CN(C(=O)O)[C@@H]1CNc1ncc(C(F)(F)F)cc1F. The van der Waals surface area contributed by atoms with Crippen LogP contribution in [0.15, 0.2) is 12.3 Å². The van der Waals surface area contributed by atoms with E-state index < -0.39 is 60.3 Å². The summed E-state index contributed by atoms with van der Waals surface area (Å²) in [7, 11) is 0. The summed E-state index contributed by atoms with van der Waals surface area (Å²) in [4.78, 5) is 15.1. The molecule has 1 fully saturated rings. The molecule has 0 spiro atoms. The number of amides is 1. The highest BCUT2D eigenvalue weighted by Crippen LogP contribution is 2.35. The first kappa shape index (κ1) is 19.1. The zero-order valence-electron chi connectivity index (χ0n) is 12.9. The Morgan fingerprint density at radius 3 is 2.64 bits per heavy atom. The fourth-order valence-corrected chi connectivity index (χ4v) is 2.79. The second-order valence-corrected chi connectivity index (χ2v) is 5.95. The Morgan fingerprint density at radius 2 is 2.12 bits per heavy atom. The Hall–Kier alpha value is -2.20. The number of nitrogens with zero attached hydrogens (tertiary/aromatic N) is 2. The lowest BCUT2D eigenvalue weighted by atomic mass is 9.89. The molecule has 1 amide bonds. The summed E-state index contributed by atoms with van der Waals surface area (Å²) in [6.45, 7) is 0.159. The molecule has 1 aromatic heterocycles. The predicted molar refractivity (Wildman–Crippen MR) is 74.9 cm³/mol. The van der Waals surface area contributed by atoms with Crippen molar-refractivity contribution in [3.8, 4) is 0 Å². The topological polar surface area (TPSA) is 65.5 Å². The van der Waals surface area contributed by atoms with Crippen molar-refractivity contribution >= 4 is 11.9 Å². The van der Waals surface area contributed by atoms with E-state index in [2.05, 4.69) is 10.3 Å². The molecular formula is C14H15F6N3O2. The van der Waals surface area contributed by atoms with Gasteiger partial charge in [-0.05, 0) is 12.0 Å². The van der Waals surface area contributed by atoms with Crippen LogP contribution in [0.2, 0.25) is 0 Å². The maximum absolute atomic E-state index is 13.7. The first-order valence-electron chi connectivity index (χ1n) is 7.25. The molecule has 0 saturated carbocycles. The summed E-state index contributed by atoms with van der Waals surface area (Å²) >= 11 is 0.